The summed E-state index contributed by atoms with van der Waals surface area (Å²) < 4.78 is 21.8. The van der Waals surface area contributed by atoms with E-state index in [2.05, 4.69) is 15.2 Å². The van der Waals surface area contributed by atoms with Crippen LogP contribution >= 0.6 is 23.7 Å². The number of carbonyl (C=O) groups is 2. The van der Waals surface area contributed by atoms with Gasteiger partial charge < -0.3 is 0 Å². The molecule has 0 spiro atoms. The Kier molecular flexibility index (Phi) is 3.76. The Balaban J connectivity index is 0.00000161. The first kappa shape index (κ1) is 15.4. The number of amides is 2. The number of imide groups is 1. The van der Waals surface area contributed by atoms with Crippen molar-refractivity contribution in [3.05, 3.63) is 29.6 Å². The molecular formula is C9H6ClN5O4S2. The van der Waals surface area contributed by atoms with Crippen LogP contribution in [0.1, 0.15) is 20.8 Å². The normalized spacial score (nSPS) is 14.0. The van der Waals surface area contributed by atoms with Crippen LogP contribution in [0.25, 0.3) is 0 Å². The van der Waals surface area contributed by atoms with Crippen LogP contribution in [0.4, 0.5) is 5.13 Å². The maximum atomic E-state index is 12.1. The highest BCUT2D eigenvalue weighted by molar-refractivity contribution is 7.91. The number of anilines is 1. The van der Waals surface area contributed by atoms with Crippen molar-refractivity contribution in [2.24, 2.45) is 5.14 Å². The lowest BCUT2D eigenvalue weighted by atomic mass is 10.2. The second kappa shape index (κ2) is 5.11. The summed E-state index contributed by atoms with van der Waals surface area (Å²) in [5.41, 5.74) is 0.120. The summed E-state index contributed by atoms with van der Waals surface area (Å²) in [5, 5.41) is 11.6. The van der Waals surface area contributed by atoms with E-state index in [9.17, 15) is 18.0 Å². The zero-order valence-corrected chi connectivity index (χ0v) is 12.4. The molecule has 0 atom stereocenters. The van der Waals surface area contributed by atoms with Crippen LogP contribution < -0.4 is 10.0 Å². The summed E-state index contributed by atoms with van der Waals surface area (Å²) in [7, 11) is -4.03. The van der Waals surface area contributed by atoms with E-state index in [1.165, 1.54) is 18.3 Å². The highest BCUT2D eigenvalue weighted by atomic mass is 35.5. The fraction of sp³-hybridized carbons (Fsp3) is 0. The Hall–Kier alpha value is -1.95. The number of fused-ring (bicyclic) bond motifs is 1. The third-order valence-corrected chi connectivity index (χ3v) is 4.70. The molecule has 0 saturated heterocycles. The van der Waals surface area contributed by atoms with Crippen molar-refractivity contribution in [2.45, 2.75) is 4.34 Å². The second-order valence-electron chi connectivity index (χ2n) is 3.74. The minimum atomic E-state index is -4.03. The number of halogens is 1. The Morgan fingerprint density at radius 1 is 1.19 bits per heavy atom. The first-order chi connectivity index (χ1) is 9.39. The van der Waals surface area contributed by atoms with E-state index in [1.54, 1.807) is 0 Å². The van der Waals surface area contributed by atoms with Crippen LogP contribution in [0.3, 0.4) is 0 Å². The van der Waals surface area contributed by atoms with Crippen LogP contribution in [0, 0.1) is 0 Å². The lowest BCUT2D eigenvalue weighted by Crippen LogP contribution is -2.29. The first-order valence-electron chi connectivity index (χ1n) is 5.09. The molecule has 21 heavy (non-hydrogen) atoms. The molecule has 2 amide bonds. The van der Waals surface area contributed by atoms with Gasteiger partial charge in [0.05, 0.1) is 5.56 Å². The van der Waals surface area contributed by atoms with Crippen LogP contribution in [0.2, 0.25) is 0 Å². The highest BCUT2D eigenvalue weighted by Gasteiger charge is 2.40. The van der Waals surface area contributed by atoms with E-state index in [0.717, 1.165) is 4.90 Å². The average Bonchev–Trinajstić information content (AvgIpc) is 2.95. The molecule has 0 saturated carbocycles. The number of sulfonamides is 1. The number of aromatic nitrogens is 3. The van der Waals surface area contributed by atoms with Gasteiger partial charge in [0.1, 0.15) is 5.69 Å². The van der Waals surface area contributed by atoms with Crippen LogP contribution in [0.5, 0.6) is 0 Å². The van der Waals surface area contributed by atoms with Gasteiger partial charge in [-0.25, -0.2) is 18.5 Å². The van der Waals surface area contributed by atoms with Crippen molar-refractivity contribution in [1.82, 2.24) is 15.2 Å². The summed E-state index contributed by atoms with van der Waals surface area (Å²) in [6, 6.07) is 2.97. The Morgan fingerprint density at radius 3 is 2.48 bits per heavy atom. The van der Waals surface area contributed by atoms with Gasteiger partial charge in [0.25, 0.3) is 21.8 Å². The maximum absolute atomic E-state index is 12.1. The molecule has 0 radical (unpaired) electrons. The van der Waals surface area contributed by atoms with Gasteiger partial charge in [0, 0.05) is 6.20 Å². The molecule has 12 heteroatoms. The van der Waals surface area contributed by atoms with Crippen molar-refractivity contribution in [2.75, 3.05) is 4.90 Å². The predicted molar refractivity (Wildman–Crippen MR) is 73.9 cm³/mol. The van der Waals surface area contributed by atoms with E-state index in [0.29, 0.717) is 11.3 Å². The minimum Gasteiger partial charge on any atom is -0.268 e. The van der Waals surface area contributed by atoms with Crippen LogP contribution in [-0.4, -0.2) is 35.4 Å². The highest BCUT2D eigenvalue weighted by Crippen LogP contribution is 2.30. The molecule has 0 aromatic carbocycles. The van der Waals surface area contributed by atoms with Gasteiger partial charge in [-0.3, -0.25) is 14.6 Å². The number of nitrogens with zero attached hydrogens (tertiary/aromatic N) is 4. The maximum Gasteiger partial charge on any atom is 0.286 e. The molecule has 1 aliphatic rings. The number of hydrogen-bond donors (Lipinski definition) is 1. The van der Waals surface area contributed by atoms with Crippen molar-refractivity contribution >= 4 is 50.7 Å². The third kappa shape index (κ3) is 2.40. The van der Waals surface area contributed by atoms with Gasteiger partial charge in [-0.15, -0.1) is 22.6 Å². The lowest BCUT2D eigenvalue weighted by Gasteiger charge is -2.07. The smallest absolute Gasteiger partial charge is 0.268 e. The zero-order chi connectivity index (χ0) is 14.5. The van der Waals surface area contributed by atoms with Gasteiger partial charge in [-0.2, -0.15) is 0 Å². The molecule has 2 aromatic rings. The minimum absolute atomic E-state index is 0. The molecule has 0 bridgehead atoms. The monoisotopic (exact) mass is 347 g/mol. The molecule has 110 valence electrons. The number of hydrogen-bond acceptors (Lipinski definition) is 8. The standard InChI is InChI=1S/C9H5N5O4S2.ClH/c10-20(17,18)9-13-12-8(19-9)14-6(15)4-2-1-3-11-5(4)7(14)16;/h1-3H,(H2,10,17,18);1H. The Morgan fingerprint density at radius 2 is 1.90 bits per heavy atom. The van der Waals surface area contributed by atoms with Gasteiger partial charge in [-0.1, -0.05) is 11.3 Å². The number of rotatable bonds is 2. The molecule has 0 unspecified atom stereocenters. The van der Waals surface area contributed by atoms with Crippen molar-refractivity contribution in [3.8, 4) is 0 Å². The lowest BCUT2D eigenvalue weighted by molar-refractivity contribution is 0.0924. The van der Waals surface area contributed by atoms with Crippen molar-refractivity contribution in [3.63, 3.8) is 0 Å². The molecule has 9 nitrogen and oxygen atoms in total. The molecule has 0 fully saturated rings. The van der Waals surface area contributed by atoms with Gasteiger partial charge >= 0.3 is 0 Å². The van der Waals surface area contributed by atoms with Crippen molar-refractivity contribution < 1.29 is 18.0 Å². The predicted octanol–water partition coefficient (Wildman–Crippen LogP) is -0.197. The largest absolute Gasteiger partial charge is 0.286 e. The summed E-state index contributed by atoms with van der Waals surface area (Å²) in [6.45, 7) is 0. The summed E-state index contributed by atoms with van der Waals surface area (Å²) >= 11 is 0.536. The molecule has 3 rings (SSSR count). The first-order valence-corrected chi connectivity index (χ1v) is 7.46. The number of primary sulfonamides is 1. The molecule has 2 N–H and O–H groups in total. The van der Waals surface area contributed by atoms with Crippen molar-refractivity contribution in [1.29, 1.82) is 0 Å². The molecule has 0 aliphatic carbocycles. The summed E-state index contributed by atoms with van der Waals surface area (Å²) in [6.07, 6.45) is 1.38. The van der Waals surface area contributed by atoms with E-state index in [1.807, 2.05) is 0 Å². The second-order valence-corrected chi connectivity index (χ2v) is 6.43. The third-order valence-electron chi connectivity index (χ3n) is 2.48. The van der Waals surface area contributed by atoms with Gasteiger partial charge in [0.15, 0.2) is 0 Å². The van der Waals surface area contributed by atoms with Gasteiger partial charge in [0.2, 0.25) is 9.47 Å². The van der Waals surface area contributed by atoms with Crippen LogP contribution in [-0.2, 0) is 10.0 Å². The van der Waals surface area contributed by atoms with E-state index in [4.69, 9.17) is 5.14 Å². The number of nitrogens with two attached hydrogens (primary N) is 1. The fourth-order valence-corrected chi connectivity index (χ4v) is 3.07. The van der Waals surface area contributed by atoms with Gasteiger partial charge in [-0.05, 0) is 12.1 Å². The number of pyridine rings is 1. The van der Waals surface area contributed by atoms with E-state index in [-0.39, 0.29) is 28.8 Å². The molecule has 3 heterocycles. The van der Waals surface area contributed by atoms with Crippen LogP contribution in [0.15, 0.2) is 22.7 Å². The topological polar surface area (TPSA) is 136 Å². The van der Waals surface area contributed by atoms with E-state index >= 15 is 0 Å². The summed E-state index contributed by atoms with van der Waals surface area (Å²) in [5.74, 6) is -1.31. The quantitative estimate of drug-likeness (QED) is 0.586. The SMILES string of the molecule is Cl.NS(=O)(=O)c1nnc(N2C(=O)c3cccnc3C2=O)s1. The average molecular weight is 348 g/mol. The molecular weight excluding hydrogens is 342 g/mol. The van der Waals surface area contributed by atoms with E-state index < -0.39 is 26.2 Å². The number of carbonyl (C=O) groups excluding carboxylic acids is 2. The Bertz CT molecular complexity index is 814. The molecule has 2 aromatic heterocycles. The Labute approximate surface area is 128 Å². The zero-order valence-electron chi connectivity index (χ0n) is 9.96. The summed E-state index contributed by atoms with van der Waals surface area (Å²) in [4.78, 5) is 28.7. The molecule has 1 aliphatic heterocycles. The fourth-order valence-electron chi connectivity index (χ4n) is 1.65.